The van der Waals surface area contributed by atoms with Crippen LogP contribution in [0.1, 0.15) is 61.3 Å². The molecule has 0 saturated heterocycles. The Bertz CT molecular complexity index is 955. The van der Waals surface area contributed by atoms with E-state index in [4.69, 9.17) is 5.73 Å². The lowest BCUT2D eigenvalue weighted by atomic mass is 9.84. The van der Waals surface area contributed by atoms with E-state index in [1.165, 1.54) is 0 Å². The van der Waals surface area contributed by atoms with Crippen LogP contribution in [0.4, 0.5) is 19.0 Å². The predicted octanol–water partition coefficient (Wildman–Crippen LogP) is 4.35. The molecule has 6 nitrogen and oxygen atoms in total. The van der Waals surface area contributed by atoms with Gasteiger partial charge in [-0.3, -0.25) is 0 Å². The molecule has 1 aromatic carbocycles. The number of nitrogens with two attached hydrogens (primary N) is 1. The third kappa shape index (κ3) is 4.65. The Hall–Kier alpha value is -2.86. The smallest absolute Gasteiger partial charge is 0.416 e. The van der Waals surface area contributed by atoms with Gasteiger partial charge in [0.2, 0.25) is 0 Å². The van der Waals surface area contributed by atoms with Crippen LogP contribution in [0.15, 0.2) is 18.2 Å². The predicted molar refractivity (Wildman–Crippen MR) is 107 cm³/mol. The molecule has 3 rings (SSSR count). The minimum absolute atomic E-state index is 0.0885. The molecule has 1 aliphatic carbocycles. The fourth-order valence-electron chi connectivity index (χ4n) is 3.97. The fourth-order valence-corrected chi connectivity index (χ4v) is 3.97. The topological polar surface area (TPSA) is 108 Å². The Balaban J connectivity index is 2.11. The van der Waals surface area contributed by atoms with Crippen molar-refractivity contribution in [1.29, 1.82) is 5.26 Å². The van der Waals surface area contributed by atoms with Crippen LogP contribution in [0.2, 0.25) is 0 Å². The van der Waals surface area contributed by atoms with Gasteiger partial charge in [0.15, 0.2) is 5.82 Å². The maximum absolute atomic E-state index is 13.2. The summed E-state index contributed by atoms with van der Waals surface area (Å²) in [5.74, 6) is -0.691. The molecule has 2 unspecified atom stereocenters. The number of hydrogen-bond acceptors (Lipinski definition) is 6. The molecule has 9 heteroatoms. The number of anilines is 1. The van der Waals surface area contributed by atoms with E-state index in [0.717, 1.165) is 56.7 Å². The van der Waals surface area contributed by atoms with E-state index in [2.05, 4.69) is 15.3 Å². The molecule has 2 atom stereocenters. The van der Waals surface area contributed by atoms with E-state index in [9.17, 15) is 23.5 Å². The summed E-state index contributed by atoms with van der Waals surface area (Å²) in [5, 5.41) is 23.1. The molecule has 1 heterocycles. The summed E-state index contributed by atoms with van der Waals surface area (Å²) in [6.07, 6.45) is 1.06. The molecular formula is C21H24F3N5O. The van der Waals surface area contributed by atoms with Gasteiger partial charge in [-0.05, 0) is 44.5 Å². The van der Waals surface area contributed by atoms with E-state index >= 15 is 0 Å². The number of alkyl halides is 3. The zero-order valence-corrected chi connectivity index (χ0v) is 16.6. The maximum atomic E-state index is 13.2. The third-order valence-electron chi connectivity index (χ3n) is 5.61. The number of hydrogen-bond donors (Lipinski definition) is 3. The number of halogens is 3. The highest BCUT2D eigenvalue weighted by molar-refractivity contribution is 5.68. The highest BCUT2D eigenvalue weighted by atomic mass is 19.4. The van der Waals surface area contributed by atoms with Gasteiger partial charge < -0.3 is 16.2 Å². The SMILES string of the molecule is CNC1CCCCCC(c2nc(-c3cc(C(F)(F)F)ccc3O)nc(N)c2C#N)C1. The Labute approximate surface area is 173 Å². The van der Waals surface area contributed by atoms with Crippen molar-refractivity contribution in [2.75, 3.05) is 12.8 Å². The number of nitrogen functional groups attached to an aromatic ring is 1. The van der Waals surface area contributed by atoms with Crippen LogP contribution in [0.25, 0.3) is 11.4 Å². The van der Waals surface area contributed by atoms with Gasteiger partial charge in [-0.15, -0.1) is 0 Å². The van der Waals surface area contributed by atoms with E-state index in [1.54, 1.807) is 0 Å². The summed E-state index contributed by atoms with van der Waals surface area (Å²) in [5.41, 5.74) is 5.47. The summed E-state index contributed by atoms with van der Waals surface area (Å²) in [6.45, 7) is 0. The fraction of sp³-hybridized carbons (Fsp3) is 0.476. The van der Waals surface area contributed by atoms with Gasteiger partial charge in [0.25, 0.3) is 0 Å². The second-order valence-electron chi connectivity index (χ2n) is 7.59. The number of phenols is 1. The number of benzene rings is 1. The number of aromatic nitrogens is 2. The Kier molecular flexibility index (Phi) is 6.46. The number of nitriles is 1. The lowest BCUT2D eigenvalue weighted by Crippen LogP contribution is -2.29. The maximum Gasteiger partial charge on any atom is 0.416 e. The van der Waals surface area contributed by atoms with Crippen LogP contribution in [0.5, 0.6) is 5.75 Å². The molecule has 1 aliphatic rings. The van der Waals surface area contributed by atoms with Crippen molar-refractivity contribution in [1.82, 2.24) is 15.3 Å². The number of nitrogens with one attached hydrogen (secondary N) is 1. The molecule has 0 amide bonds. The summed E-state index contributed by atoms with van der Waals surface area (Å²) in [6, 6.07) is 4.84. The first-order valence-electron chi connectivity index (χ1n) is 9.90. The first-order valence-corrected chi connectivity index (χ1v) is 9.90. The molecule has 0 spiro atoms. The minimum Gasteiger partial charge on any atom is -0.507 e. The number of phenolic OH excluding ortho intramolecular Hbond substituents is 1. The van der Waals surface area contributed by atoms with Crippen molar-refractivity contribution in [3.8, 4) is 23.2 Å². The van der Waals surface area contributed by atoms with Crippen LogP contribution >= 0.6 is 0 Å². The average molecular weight is 419 g/mol. The van der Waals surface area contributed by atoms with E-state index < -0.39 is 11.7 Å². The molecule has 30 heavy (non-hydrogen) atoms. The molecule has 1 fully saturated rings. The molecule has 4 N–H and O–H groups in total. The van der Waals surface area contributed by atoms with Crippen molar-refractivity contribution >= 4 is 5.82 Å². The third-order valence-corrected chi connectivity index (χ3v) is 5.61. The largest absolute Gasteiger partial charge is 0.507 e. The first-order chi connectivity index (χ1) is 14.2. The molecule has 2 aromatic rings. The Morgan fingerprint density at radius 1 is 1.20 bits per heavy atom. The molecule has 0 bridgehead atoms. The minimum atomic E-state index is -4.58. The molecule has 0 aliphatic heterocycles. The van der Waals surface area contributed by atoms with Crippen molar-refractivity contribution in [2.45, 2.75) is 56.7 Å². The van der Waals surface area contributed by atoms with Gasteiger partial charge in [-0.25, -0.2) is 9.97 Å². The van der Waals surface area contributed by atoms with Gasteiger partial charge in [0.1, 0.15) is 23.2 Å². The molecular weight excluding hydrogens is 395 g/mol. The Morgan fingerprint density at radius 2 is 1.93 bits per heavy atom. The summed E-state index contributed by atoms with van der Waals surface area (Å²) < 4.78 is 39.5. The van der Waals surface area contributed by atoms with E-state index in [-0.39, 0.29) is 40.5 Å². The van der Waals surface area contributed by atoms with Crippen molar-refractivity contribution in [3.05, 3.63) is 35.0 Å². The molecule has 1 saturated carbocycles. The van der Waals surface area contributed by atoms with Crippen molar-refractivity contribution in [3.63, 3.8) is 0 Å². The number of aromatic hydroxyl groups is 1. The van der Waals surface area contributed by atoms with Gasteiger partial charge >= 0.3 is 6.18 Å². The Morgan fingerprint density at radius 3 is 2.60 bits per heavy atom. The van der Waals surface area contributed by atoms with Crippen LogP contribution in [-0.2, 0) is 6.18 Å². The number of rotatable bonds is 3. The standard InChI is InChI=1S/C21H24F3N5O/c1-27-14-6-4-2-3-5-12(9-14)18-16(11-25)19(26)29-20(28-18)15-10-13(21(22,23)24)7-8-17(15)30/h7-8,10,12,14,27,30H,2-6,9H2,1H3,(H2,26,28,29). The lowest BCUT2D eigenvalue weighted by molar-refractivity contribution is -0.137. The zero-order chi connectivity index (χ0) is 21.9. The van der Waals surface area contributed by atoms with Crippen molar-refractivity contribution < 1.29 is 18.3 Å². The van der Waals surface area contributed by atoms with Gasteiger partial charge in [-0.1, -0.05) is 19.3 Å². The van der Waals surface area contributed by atoms with Crippen LogP contribution < -0.4 is 11.1 Å². The second kappa shape index (κ2) is 8.88. The van der Waals surface area contributed by atoms with Gasteiger partial charge in [-0.2, -0.15) is 18.4 Å². The van der Waals surface area contributed by atoms with Crippen molar-refractivity contribution in [2.24, 2.45) is 0 Å². The zero-order valence-electron chi connectivity index (χ0n) is 16.6. The molecule has 160 valence electrons. The molecule has 1 aromatic heterocycles. The first kappa shape index (κ1) is 21.8. The van der Waals surface area contributed by atoms with E-state index in [1.807, 2.05) is 13.1 Å². The molecule has 0 radical (unpaired) electrons. The second-order valence-corrected chi connectivity index (χ2v) is 7.59. The highest BCUT2D eigenvalue weighted by Crippen LogP contribution is 2.38. The highest BCUT2D eigenvalue weighted by Gasteiger charge is 2.32. The quantitative estimate of drug-likeness (QED) is 0.683. The van der Waals surface area contributed by atoms with Crippen LogP contribution in [-0.4, -0.2) is 28.2 Å². The lowest BCUT2D eigenvalue weighted by Gasteiger charge is -2.27. The van der Waals surface area contributed by atoms with Gasteiger partial charge in [0.05, 0.1) is 16.8 Å². The summed E-state index contributed by atoms with van der Waals surface area (Å²) in [7, 11) is 1.88. The monoisotopic (exact) mass is 419 g/mol. The van der Waals surface area contributed by atoms with Gasteiger partial charge in [0, 0.05) is 12.0 Å². The summed E-state index contributed by atoms with van der Waals surface area (Å²) >= 11 is 0. The average Bonchev–Trinajstić information content (AvgIpc) is 2.67. The normalized spacial score (nSPS) is 20.2. The van der Waals surface area contributed by atoms with Crippen LogP contribution in [0.3, 0.4) is 0 Å². The number of nitrogens with zero attached hydrogens (tertiary/aromatic N) is 3. The van der Waals surface area contributed by atoms with E-state index in [0.29, 0.717) is 5.69 Å². The summed E-state index contributed by atoms with van der Waals surface area (Å²) in [4.78, 5) is 8.49. The van der Waals surface area contributed by atoms with Crippen LogP contribution in [0, 0.1) is 11.3 Å².